The van der Waals surface area contributed by atoms with E-state index in [4.69, 9.17) is 10.2 Å². The molecule has 0 heterocycles. The van der Waals surface area contributed by atoms with Gasteiger partial charge in [-0.2, -0.15) is 0 Å². The highest BCUT2D eigenvalue weighted by Gasteiger charge is 2.19. The molecule has 8 heteroatoms. The third-order valence-corrected chi connectivity index (χ3v) is 2.49. The van der Waals surface area contributed by atoms with E-state index in [2.05, 4.69) is 16.0 Å². The molecule has 0 fully saturated rings. The van der Waals surface area contributed by atoms with Crippen LogP contribution in [0.25, 0.3) is 0 Å². The number of carboxylic acid groups (broad SMARTS) is 1. The summed E-state index contributed by atoms with van der Waals surface area (Å²) in [5, 5.41) is 24.5. The lowest BCUT2D eigenvalue weighted by Crippen LogP contribution is -2.46. The summed E-state index contributed by atoms with van der Waals surface area (Å²) in [5.41, 5.74) is 0.569. The quantitative estimate of drug-likeness (QED) is 0.474. The molecule has 0 aliphatic heterocycles. The Hall–Kier alpha value is -2.61. The summed E-state index contributed by atoms with van der Waals surface area (Å²) in [6, 6.07) is 6.89. The van der Waals surface area contributed by atoms with Crippen molar-refractivity contribution in [3.8, 4) is 0 Å². The maximum atomic E-state index is 11.5. The van der Waals surface area contributed by atoms with Gasteiger partial charge in [-0.25, -0.2) is 9.59 Å². The van der Waals surface area contributed by atoms with Gasteiger partial charge in [-0.15, -0.1) is 0 Å². The summed E-state index contributed by atoms with van der Waals surface area (Å²) in [5.74, 6) is -1.90. The second kappa shape index (κ2) is 8.54. The Morgan fingerprint density at radius 3 is 2.38 bits per heavy atom. The van der Waals surface area contributed by atoms with E-state index >= 15 is 0 Å². The van der Waals surface area contributed by atoms with Crippen LogP contribution in [0.1, 0.15) is 6.42 Å². The van der Waals surface area contributed by atoms with Gasteiger partial charge in [0.25, 0.3) is 0 Å². The number of nitrogens with one attached hydrogen (secondary N) is 3. The average Bonchev–Trinajstić information content (AvgIpc) is 2.45. The van der Waals surface area contributed by atoms with Crippen LogP contribution >= 0.6 is 0 Å². The first kappa shape index (κ1) is 16.4. The average molecular weight is 295 g/mol. The molecule has 0 saturated heterocycles. The van der Waals surface area contributed by atoms with E-state index in [1.807, 2.05) is 0 Å². The van der Waals surface area contributed by atoms with E-state index in [0.29, 0.717) is 5.69 Å². The molecule has 0 unspecified atom stereocenters. The first-order chi connectivity index (χ1) is 10.0. The van der Waals surface area contributed by atoms with Crippen molar-refractivity contribution in [3.05, 3.63) is 30.3 Å². The van der Waals surface area contributed by atoms with E-state index in [1.54, 1.807) is 30.3 Å². The highest BCUT2D eigenvalue weighted by Crippen LogP contribution is 2.03. The molecule has 0 aliphatic rings. The van der Waals surface area contributed by atoms with Gasteiger partial charge in [-0.3, -0.25) is 4.79 Å². The molecule has 114 valence electrons. The van der Waals surface area contributed by atoms with Crippen LogP contribution in [0.2, 0.25) is 0 Å². The van der Waals surface area contributed by atoms with Crippen molar-refractivity contribution in [3.63, 3.8) is 0 Å². The summed E-state index contributed by atoms with van der Waals surface area (Å²) < 4.78 is 0. The Labute approximate surface area is 121 Å². The van der Waals surface area contributed by atoms with E-state index in [0.717, 1.165) is 0 Å². The summed E-state index contributed by atoms with van der Waals surface area (Å²) in [6.45, 7) is -0.729. The van der Waals surface area contributed by atoms with Gasteiger partial charge >= 0.3 is 12.0 Å². The smallest absolute Gasteiger partial charge is 0.326 e. The van der Waals surface area contributed by atoms with Crippen molar-refractivity contribution in [1.29, 1.82) is 0 Å². The number of carbonyl (C=O) groups excluding carboxylic acids is 2. The number of hydrogen-bond acceptors (Lipinski definition) is 4. The predicted octanol–water partition coefficient (Wildman–Crippen LogP) is -0.240. The zero-order valence-electron chi connectivity index (χ0n) is 11.2. The number of rotatable bonds is 7. The van der Waals surface area contributed by atoms with Gasteiger partial charge in [-0.05, 0) is 12.1 Å². The molecule has 1 rings (SSSR count). The standard InChI is InChI=1S/C13H17N3O5/c17-7-6-10(12(19)20)16-11(18)8-14-13(21)15-9-4-2-1-3-5-9/h1-5,10,17H,6-8H2,(H,16,18)(H,19,20)(H2,14,15,21)/t10-/m1/s1. The summed E-state index contributed by atoms with van der Waals surface area (Å²) in [7, 11) is 0. The Morgan fingerprint density at radius 2 is 1.81 bits per heavy atom. The van der Waals surface area contributed by atoms with Crippen LogP contribution in [0, 0.1) is 0 Å². The number of carbonyl (C=O) groups is 3. The molecule has 8 nitrogen and oxygen atoms in total. The summed E-state index contributed by atoms with van der Waals surface area (Å²) in [4.78, 5) is 33.8. The van der Waals surface area contributed by atoms with Crippen molar-refractivity contribution >= 4 is 23.6 Å². The molecule has 1 aromatic rings. The highest BCUT2D eigenvalue weighted by atomic mass is 16.4. The van der Waals surface area contributed by atoms with E-state index < -0.39 is 23.9 Å². The highest BCUT2D eigenvalue weighted by molar-refractivity contribution is 5.93. The zero-order chi connectivity index (χ0) is 15.7. The molecule has 3 amide bonds. The fraction of sp³-hybridized carbons (Fsp3) is 0.308. The Kier molecular flexibility index (Phi) is 6.69. The monoisotopic (exact) mass is 295 g/mol. The normalized spacial score (nSPS) is 11.3. The number of aliphatic hydroxyl groups excluding tert-OH is 1. The molecule has 5 N–H and O–H groups in total. The molecule has 0 spiro atoms. The Morgan fingerprint density at radius 1 is 1.14 bits per heavy atom. The molecular formula is C13H17N3O5. The molecule has 1 aromatic carbocycles. The number of aliphatic hydroxyl groups is 1. The van der Waals surface area contributed by atoms with E-state index in [-0.39, 0.29) is 19.6 Å². The number of urea groups is 1. The van der Waals surface area contributed by atoms with Crippen molar-refractivity contribution < 1.29 is 24.6 Å². The number of para-hydroxylation sites is 1. The molecule has 0 bridgehead atoms. The zero-order valence-corrected chi connectivity index (χ0v) is 11.2. The maximum absolute atomic E-state index is 11.5. The van der Waals surface area contributed by atoms with Crippen molar-refractivity contribution in [1.82, 2.24) is 10.6 Å². The second-order valence-corrected chi connectivity index (χ2v) is 4.14. The minimum atomic E-state index is -1.24. The molecular weight excluding hydrogens is 278 g/mol. The Bertz CT molecular complexity index is 492. The fourth-order valence-corrected chi connectivity index (χ4v) is 1.49. The lowest BCUT2D eigenvalue weighted by molar-refractivity contribution is -0.142. The van der Waals surface area contributed by atoms with Crippen LogP contribution < -0.4 is 16.0 Å². The van der Waals surface area contributed by atoms with Gasteiger partial charge in [0, 0.05) is 18.7 Å². The molecule has 0 aromatic heterocycles. The molecule has 0 aliphatic carbocycles. The van der Waals surface area contributed by atoms with Gasteiger partial charge in [0.1, 0.15) is 6.04 Å². The lowest BCUT2D eigenvalue weighted by atomic mass is 10.2. The van der Waals surface area contributed by atoms with Crippen molar-refractivity contribution in [2.24, 2.45) is 0 Å². The number of hydrogen-bond donors (Lipinski definition) is 5. The minimum Gasteiger partial charge on any atom is -0.480 e. The number of carboxylic acids is 1. The number of benzene rings is 1. The summed E-state index contributed by atoms with van der Waals surface area (Å²) >= 11 is 0. The van der Waals surface area contributed by atoms with Gasteiger partial charge in [0.05, 0.1) is 6.54 Å². The fourth-order valence-electron chi connectivity index (χ4n) is 1.49. The van der Waals surface area contributed by atoms with Gasteiger partial charge < -0.3 is 26.2 Å². The first-order valence-corrected chi connectivity index (χ1v) is 6.26. The number of anilines is 1. The number of aliphatic carboxylic acids is 1. The molecule has 21 heavy (non-hydrogen) atoms. The third kappa shape index (κ3) is 6.39. The molecule has 1 atom stereocenters. The van der Waals surface area contributed by atoms with Gasteiger partial charge in [-0.1, -0.05) is 18.2 Å². The largest absolute Gasteiger partial charge is 0.480 e. The van der Waals surface area contributed by atoms with Crippen LogP contribution in [-0.2, 0) is 9.59 Å². The molecule has 0 saturated carbocycles. The minimum absolute atomic E-state index is 0.0999. The first-order valence-electron chi connectivity index (χ1n) is 6.26. The maximum Gasteiger partial charge on any atom is 0.326 e. The topological polar surface area (TPSA) is 128 Å². The van der Waals surface area contributed by atoms with Gasteiger partial charge in [0.15, 0.2) is 0 Å². The predicted molar refractivity (Wildman–Crippen MR) is 74.7 cm³/mol. The SMILES string of the molecule is O=C(CNC(=O)Nc1ccccc1)N[C@H](CCO)C(=O)O. The van der Waals surface area contributed by atoms with Crippen LogP contribution in [-0.4, -0.2) is 47.3 Å². The number of amides is 3. The Balaban J connectivity index is 2.35. The third-order valence-electron chi connectivity index (χ3n) is 2.49. The van der Waals surface area contributed by atoms with Crippen LogP contribution in [0.15, 0.2) is 30.3 Å². The van der Waals surface area contributed by atoms with Gasteiger partial charge in [0.2, 0.25) is 5.91 Å². The lowest BCUT2D eigenvalue weighted by Gasteiger charge is -2.13. The van der Waals surface area contributed by atoms with E-state index in [1.165, 1.54) is 0 Å². The summed E-state index contributed by atoms with van der Waals surface area (Å²) in [6.07, 6.45) is -0.0999. The van der Waals surface area contributed by atoms with E-state index in [9.17, 15) is 14.4 Å². The van der Waals surface area contributed by atoms with Crippen LogP contribution in [0.5, 0.6) is 0 Å². The van der Waals surface area contributed by atoms with Crippen LogP contribution in [0.3, 0.4) is 0 Å². The molecule has 0 radical (unpaired) electrons. The second-order valence-electron chi connectivity index (χ2n) is 4.14. The van der Waals surface area contributed by atoms with Crippen molar-refractivity contribution in [2.75, 3.05) is 18.5 Å². The van der Waals surface area contributed by atoms with Crippen LogP contribution in [0.4, 0.5) is 10.5 Å². The van der Waals surface area contributed by atoms with Crippen molar-refractivity contribution in [2.45, 2.75) is 12.5 Å².